The van der Waals surface area contributed by atoms with Gasteiger partial charge in [-0.15, -0.1) is 0 Å². The zero-order valence-electron chi connectivity index (χ0n) is 19.7. The number of carbonyl (C=O) groups excluding carboxylic acids is 2. The van der Waals surface area contributed by atoms with E-state index in [1.807, 2.05) is 30.3 Å². The van der Waals surface area contributed by atoms with Gasteiger partial charge in [0.05, 0.1) is 27.2 Å². The van der Waals surface area contributed by atoms with Crippen LogP contribution >= 0.6 is 51.5 Å². The molecule has 1 N–H and O–H groups in total. The van der Waals surface area contributed by atoms with E-state index in [2.05, 4.69) is 21.2 Å². The number of ether oxygens (including phenoxy) is 2. The lowest BCUT2D eigenvalue weighted by atomic mass is 10.1. The van der Waals surface area contributed by atoms with Gasteiger partial charge < -0.3 is 14.8 Å². The molecule has 190 valence electrons. The number of amides is 2. The summed E-state index contributed by atoms with van der Waals surface area (Å²) < 4.78 is 12.3. The van der Waals surface area contributed by atoms with Gasteiger partial charge in [-0.3, -0.25) is 14.5 Å². The molecule has 0 unspecified atom stereocenters. The summed E-state index contributed by atoms with van der Waals surface area (Å²) >= 11 is 16.3. The second-order valence-electron chi connectivity index (χ2n) is 7.92. The highest BCUT2D eigenvalue weighted by Gasteiger charge is 2.31. The maximum absolute atomic E-state index is 13.0. The molecule has 0 radical (unpaired) electrons. The first-order chi connectivity index (χ1) is 17.9. The molecule has 1 aliphatic rings. The Balaban J connectivity index is 1.44. The number of methoxy groups -OCH3 is 1. The van der Waals surface area contributed by atoms with E-state index < -0.39 is 0 Å². The third-order valence-corrected chi connectivity index (χ3v) is 7.68. The SMILES string of the molecule is COc1cc(/C=C2\SC(=S)N(CCc3ccccc3)C2=O)cc(Br)c1OCC(=O)Nc1ccccc1Cl. The highest BCUT2D eigenvalue weighted by Crippen LogP contribution is 2.39. The number of thioether (sulfide) groups is 1. The van der Waals surface area contributed by atoms with Crippen LogP contribution in [0.15, 0.2) is 76.1 Å². The average Bonchev–Trinajstić information content (AvgIpc) is 3.15. The van der Waals surface area contributed by atoms with E-state index in [9.17, 15) is 9.59 Å². The van der Waals surface area contributed by atoms with Gasteiger partial charge in [0.25, 0.3) is 11.8 Å². The fraction of sp³-hybridized carbons (Fsp3) is 0.148. The zero-order chi connectivity index (χ0) is 26.4. The Morgan fingerprint density at radius 1 is 1.16 bits per heavy atom. The molecule has 3 aromatic rings. The van der Waals surface area contributed by atoms with Gasteiger partial charge in [-0.05, 0) is 63.8 Å². The number of nitrogens with zero attached hydrogens (tertiary/aromatic N) is 1. The van der Waals surface area contributed by atoms with Crippen LogP contribution in [0.1, 0.15) is 11.1 Å². The number of para-hydroxylation sites is 1. The summed E-state index contributed by atoms with van der Waals surface area (Å²) in [7, 11) is 1.51. The van der Waals surface area contributed by atoms with E-state index >= 15 is 0 Å². The summed E-state index contributed by atoms with van der Waals surface area (Å²) in [6.45, 7) is 0.266. The second-order valence-corrected chi connectivity index (χ2v) is 10.9. The van der Waals surface area contributed by atoms with Gasteiger partial charge in [-0.1, -0.05) is 78.0 Å². The Morgan fingerprint density at radius 3 is 2.62 bits per heavy atom. The van der Waals surface area contributed by atoms with Crippen molar-refractivity contribution >= 4 is 79.4 Å². The summed E-state index contributed by atoms with van der Waals surface area (Å²) in [4.78, 5) is 27.5. The maximum atomic E-state index is 13.0. The lowest BCUT2D eigenvalue weighted by Crippen LogP contribution is -2.30. The topological polar surface area (TPSA) is 67.9 Å². The van der Waals surface area contributed by atoms with Gasteiger partial charge in [0.15, 0.2) is 18.1 Å². The fourth-order valence-electron chi connectivity index (χ4n) is 3.58. The van der Waals surface area contributed by atoms with Crippen LogP contribution in [0.5, 0.6) is 11.5 Å². The standard InChI is InChI=1S/C27H22BrClN2O4S2/c1-34-22-14-18(13-19(28)25(22)35-16-24(32)30-21-10-6-5-9-20(21)29)15-23-26(33)31(27(36)37-23)12-11-17-7-3-2-4-8-17/h2-10,13-15H,11-12,16H2,1H3,(H,30,32)/b23-15-. The Kier molecular flexibility index (Phi) is 9.26. The van der Waals surface area contributed by atoms with Crippen molar-refractivity contribution in [3.63, 3.8) is 0 Å². The van der Waals surface area contributed by atoms with E-state index in [4.69, 9.17) is 33.3 Å². The van der Waals surface area contributed by atoms with Crippen molar-refractivity contribution in [2.24, 2.45) is 0 Å². The molecule has 6 nitrogen and oxygen atoms in total. The maximum Gasteiger partial charge on any atom is 0.266 e. The van der Waals surface area contributed by atoms with Crippen molar-refractivity contribution in [3.8, 4) is 11.5 Å². The van der Waals surface area contributed by atoms with E-state index in [1.54, 1.807) is 47.4 Å². The summed E-state index contributed by atoms with van der Waals surface area (Å²) in [5.41, 5.74) is 2.37. The van der Waals surface area contributed by atoms with Crippen LogP contribution in [-0.4, -0.2) is 41.3 Å². The number of rotatable bonds is 9. The van der Waals surface area contributed by atoms with Gasteiger partial charge in [0, 0.05) is 6.54 Å². The Hall–Kier alpha value is -2.85. The monoisotopic (exact) mass is 616 g/mol. The van der Waals surface area contributed by atoms with Crippen LogP contribution < -0.4 is 14.8 Å². The largest absolute Gasteiger partial charge is 0.493 e. The highest BCUT2D eigenvalue weighted by molar-refractivity contribution is 9.10. The molecule has 0 aliphatic carbocycles. The molecule has 1 fully saturated rings. The van der Waals surface area contributed by atoms with Crippen molar-refractivity contribution in [2.75, 3.05) is 25.6 Å². The zero-order valence-corrected chi connectivity index (χ0v) is 23.7. The minimum atomic E-state index is -0.370. The van der Waals surface area contributed by atoms with Gasteiger partial charge >= 0.3 is 0 Å². The lowest BCUT2D eigenvalue weighted by Gasteiger charge is -2.14. The quantitative estimate of drug-likeness (QED) is 0.216. The number of nitrogens with one attached hydrogen (secondary N) is 1. The molecular formula is C27H22BrClN2O4S2. The van der Waals surface area contributed by atoms with Crippen molar-refractivity contribution < 1.29 is 19.1 Å². The normalized spacial score (nSPS) is 14.2. The number of carbonyl (C=O) groups is 2. The van der Waals surface area contributed by atoms with Crippen molar-refractivity contribution in [1.29, 1.82) is 0 Å². The summed E-state index contributed by atoms with van der Waals surface area (Å²) in [5.74, 6) is 0.276. The molecule has 1 saturated heterocycles. The smallest absolute Gasteiger partial charge is 0.266 e. The van der Waals surface area contributed by atoms with Crippen LogP contribution in [0.2, 0.25) is 5.02 Å². The Bertz CT molecular complexity index is 1370. The first-order valence-corrected chi connectivity index (χ1v) is 13.6. The molecule has 37 heavy (non-hydrogen) atoms. The number of halogens is 2. The molecule has 0 bridgehead atoms. The predicted molar refractivity (Wildman–Crippen MR) is 156 cm³/mol. The van der Waals surface area contributed by atoms with Crippen LogP contribution in [-0.2, 0) is 16.0 Å². The summed E-state index contributed by atoms with van der Waals surface area (Å²) in [6.07, 6.45) is 2.49. The third-order valence-electron chi connectivity index (χ3n) is 5.39. The molecule has 4 rings (SSSR count). The van der Waals surface area contributed by atoms with Gasteiger partial charge in [-0.2, -0.15) is 0 Å². The molecule has 2 amide bonds. The van der Waals surface area contributed by atoms with Crippen LogP contribution in [0.4, 0.5) is 5.69 Å². The third kappa shape index (κ3) is 6.93. The van der Waals surface area contributed by atoms with E-state index in [0.717, 1.165) is 17.5 Å². The van der Waals surface area contributed by atoms with Crippen molar-refractivity contribution in [1.82, 2.24) is 4.90 Å². The molecule has 1 heterocycles. The van der Waals surface area contributed by atoms with Crippen LogP contribution in [0, 0.1) is 0 Å². The molecule has 3 aromatic carbocycles. The number of hydrogen-bond donors (Lipinski definition) is 1. The summed E-state index contributed by atoms with van der Waals surface area (Å²) in [5, 5.41) is 3.15. The minimum absolute atomic E-state index is 0.127. The first kappa shape index (κ1) is 27.2. The molecule has 0 saturated carbocycles. The number of thiocarbonyl (C=S) groups is 1. The molecule has 0 spiro atoms. The van der Waals surface area contributed by atoms with Crippen LogP contribution in [0.3, 0.4) is 0 Å². The molecule has 10 heteroatoms. The Morgan fingerprint density at radius 2 is 1.89 bits per heavy atom. The highest BCUT2D eigenvalue weighted by atomic mass is 79.9. The lowest BCUT2D eigenvalue weighted by molar-refractivity contribution is -0.122. The van der Waals surface area contributed by atoms with Crippen molar-refractivity contribution in [2.45, 2.75) is 6.42 Å². The van der Waals surface area contributed by atoms with Crippen molar-refractivity contribution in [3.05, 3.63) is 92.3 Å². The molecule has 1 aliphatic heterocycles. The average molecular weight is 618 g/mol. The number of anilines is 1. The number of benzene rings is 3. The second kappa shape index (κ2) is 12.6. The minimum Gasteiger partial charge on any atom is -0.493 e. The number of hydrogen-bond acceptors (Lipinski definition) is 6. The Labute approximate surface area is 238 Å². The van der Waals surface area contributed by atoms with Crippen LogP contribution in [0.25, 0.3) is 6.08 Å². The van der Waals surface area contributed by atoms with E-state index in [-0.39, 0.29) is 18.4 Å². The summed E-state index contributed by atoms with van der Waals surface area (Å²) in [6, 6.07) is 20.4. The van der Waals surface area contributed by atoms with Gasteiger partial charge in [-0.25, -0.2) is 0 Å². The first-order valence-electron chi connectivity index (χ1n) is 11.2. The molecule has 0 atom stereocenters. The molecule has 0 aromatic heterocycles. The molecular weight excluding hydrogens is 596 g/mol. The van der Waals surface area contributed by atoms with Gasteiger partial charge in [0.1, 0.15) is 4.32 Å². The predicted octanol–water partition coefficient (Wildman–Crippen LogP) is 6.57. The fourth-order valence-corrected chi connectivity index (χ4v) is 5.65. The van der Waals surface area contributed by atoms with E-state index in [0.29, 0.717) is 42.5 Å². The van der Waals surface area contributed by atoms with Gasteiger partial charge in [0.2, 0.25) is 0 Å². The van der Waals surface area contributed by atoms with E-state index in [1.165, 1.54) is 18.9 Å².